The Hall–Kier alpha value is -2.05. The van der Waals surface area contributed by atoms with Crippen LogP contribution < -0.4 is 14.2 Å². The van der Waals surface area contributed by atoms with Crippen LogP contribution in [0.1, 0.15) is 17.3 Å². The highest BCUT2D eigenvalue weighted by atomic mass is 19.3. The van der Waals surface area contributed by atoms with Gasteiger partial charge in [0.1, 0.15) is 0 Å². The summed E-state index contributed by atoms with van der Waals surface area (Å²) < 4.78 is 44.0. The lowest BCUT2D eigenvalue weighted by Gasteiger charge is -2.07. The van der Waals surface area contributed by atoms with E-state index in [1.54, 1.807) is 6.92 Å². The number of alkyl halides is 2. The van der Waals surface area contributed by atoms with Gasteiger partial charge in [-0.15, -0.1) is 8.78 Å². The van der Waals surface area contributed by atoms with E-state index in [0.29, 0.717) is 0 Å². The van der Waals surface area contributed by atoms with Gasteiger partial charge in [-0.05, 0) is 19.1 Å². The minimum absolute atomic E-state index is 0.0206. The van der Waals surface area contributed by atoms with Gasteiger partial charge >= 0.3 is 12.3 Å². The molecule has 0 radical (unpaired) electrons. The Bertz CT molecular complexity index is 487. The number of carbonyl (C=O) groups excluding carboxylic acids is 1. The highest BCUT2D eigenvalue weighted by Crippen LogP contribution is 2.47. The molecule has 98 valence electrons. The van der Waals surface area contributed by atoms with Crippen LogP contribution in [0.2, 0.25) is 0 Å². The molecule has 7 heteroatoms. The summed E-state index contributed by atoms with van der Waals surface area (Å²) in [6.45, 7) is 1.81. The third-order valence-corrected chi connectivity index (χ3v) is 2.20. The van der Waals surface area contributed by atoms with E-state index < -0.39 is 12.3 Å². The number of benzene rings is 1. The van der Waals surface area contributed by atoms with Gasteiger partial charge in [-0.3, -0.25) is 0 Å². The fourth-order valence-corrected chi connectivity index (χ4v) is 1.50. The number of ether oxygens (including phenoxy) is 4. The summed E-state index contributed by atoms with van der Waals surface area (Å²) in [4.78, 5) is 11.5. The lowest BCUT2D eigenvalue weighted by Crippen LogP contribution is -2.26. The van der Waals surface area contributed by atoms with Gasteiger partial charge in [0.15, 0.2) is 11.5 Å². The molecular formula is C11H10F2O5. The highest BCUT2D eigenvalue weighted by molar-refractivity contribution is 5.91. The summed E-state index contributed by atoms with van der Waals surface area (Å²) in [7, 11) is 1.27. The second kappa shape index (κ2) is 4.32. The van der Waals surface area contributed by atoms with Gasteiger partial charge < -0.3 is 18.9 Å². The predicted octanol–water partition coefficient (Wildman–Crippen LogP) is 2.19. The van der Waals surface area contributed by atoms with Crippen molar-refractivity contribution in [3.8, 4) is 17.2 Å². The molecule has 0 aromatic heterocycles. The van der Waals surface area contributed by atoms with Crippen LogP contribution in [0.5, 0.6) is 17.2 Å². The summed E-state index contributed by atoms with van der Waals surface area (Å²) in [5.74, 6) is -1.18. The van der Waals surface area contributed by atoms with Crippen LogP contribution in [-0.2, 0) is 4.74 Å². The molecule has 0 aliphatic carbocycles. The Kier molecular flexibility index (Phi) is 2.98. The number of hydrogen-bond acceptors (Lipinski definition) is 5. The van der Waals surface area contributed by atoms with Gasteiger partial charge in [0.05, 0.1) is 19.3 Å². The fraction of sp³-hybridized carbons (Fsp3) is 0.364. The monoisotopic (exact) mass is 260 g/mol. The molecule has 0 amide bonds. The number of rotatable bonds is 3. The van der Waals surface area contributed by atoms with E-state index in [1.807, 2.05) is 0 Å². The molecular weight excluding hydrogens is 250 g/mol. The second-order valence-electron chi connectivity index (χ2n) is 3.39. The first-order valence-corrected chi connectivity index (χ1v) is 5.12. The van der Waals surface area contributed by atoms with E-state index >= 15 is 0 Å². The first kappa shape index (κ1) is 12.4. The number of carbonyl (C=O) groups is 1. The highest BCUT2D eigenvalue weighted by Gasteiger charge is 2.45. The smallest absolute Gasteiger partial charge is 0.493 e. The summed E-state index contributed by atoms with van der Waals surface area (Å²) >= 11 is 0. The van der Waals surface area contributed by atoms with Crippen LogP contribution in [0.4, 0.5) is 8.78 Å². The van der Waals surface area contributed by atoms with Gasteiger partial charge in [-0.2, -0.15) is 0 Å². The molecule has 1 heterocycles. The summed E-state index contributed by atoms with van der Waals surface area (Å²) in [6.07, 6.45) is -3.76. The van der Waals surface area contributed by atoms with Crippen LogP contribution in [0.25, 0.3) is 0 Å². The van der Waals surface area contributed by atoms with Gasteiger partial charge in [-0.1, -0.05) is 0 Å². The van der Waals surface area contributed by atoms with Crippen LogP contribution in [-0.4, -0.2) is 26.0 Å². The molecule has 0 bridgehead atoms. The Balaban J connectivity index is 2.41. The quantitative estimate of drug-likeness (QED) is 0.780. The zero-order chi connectivity index (χ0) is 13.3. The predicted molar refractivity (Wildman–Crippen MR) is 55.2 cm³/mol. The van der Waals surface area contributed by atoms with Crippen molar-refractivity contribution in [1.29, 1.82) is 0 Å². The maximum atomic E-state index is 12.9. The normalized spacial score (nSPS) is 15.3. The van der Waals surface area contributed by atoms with E-state index in [2.05, 4.69) is 9.47 Å². The lowest BCUT2D eigenvalue weighted by atomic mass is 10.2. The summed E-state index contributed by atoms with van der Waals surface area (Å²) in [5.41, 5.74) is 0.0498. The van der Waals surface area contributed by atoms with Crippen LogP contribution in [0, 0.1) is 0 Å². The number of halogens is 2. The van der Waals surface area contributed by atoms with E-state index in [1.165, 1.54) is 13.2 Å². The van der Waals surface area contributed by atoms with Crippen molar-refractivity contribution in [2.24, 2.45) is 0 Å². The Morgan fingerprint density at radius 3 is 2.72 bits per heavy atom. The maximum Gasteiger partial charge on any atom is 0.586 e. The first-order chi connectivity index (χ1) is 8.46. The molecule has 0 saturated heterocycles. The molecule has 0 unspecified atom stereocenters. The minimum atomic E-state index is -3.76. The molecule has 1 aliphatic heterocycles. The first-order valence-electron chi connectivity index (χ1n) is 5.12. The molecule has 0 N–H and O–H groups in total. The van der Waals surface area contributed by atoms with Crippen molar-refractivity contribution >= 4 is 5.97 Å². The van der Waals surface area contributed by atoms with E-state index in [0.717, 1.165) is 6.07 Å². The molecule has 1 aromatic carbocycles. The average molecular weight is 260 g/mol. The van der Waals surface area contributed by atoms with Gasteiger partial charge in [0.25, 0.3) is 0 Å². The molecule has 1 aromatic rings. The van der Waals surface area contributed by atoms with Crippen molar-refractivity contribution in [2.75, 3.05) is 13.7 Å². The molecule has 5 nitrogen and oxygen atoms in total. The Morgan fingerprint density at radius 2 is 2.11 bits per heavy atom. The fourth-order valence-electron chi connectivity index (χ4n) is 1.50. The summed E-state index contributed by atoms with van der Waals surface area (Å²) in [6, 6.07) is 2.37. The van der Waals surface area contributed by atoms with E-state index in [9.17, 15) is 13.6 Å². The van der Waals surface area contributed by atoms with E-state index in [-0.39, 0.29) is 29.4 Å². The molecule has 18 heavy (non-hydrogen) atoms. The van der Waals surface area contributed by atoms with Crippen LogP contribution >= 0.6 is 0 Å². The van der Waals surface area contributed by atoms with Crippen molar-refractivity contribution in [1.82, 2.24) is 0 Å². The van der Waals surface area contributed by atoms with Gasteiger partial charge in [-0.25, -0.2) is 4.79 Å². The molecule has 0 atom stereocenters. The minimum Gasteiger partial charge on any atom is -0.493 e. The van der Waals surface area contributed by atoms with Gasteiger partial charge in [0, 0.05) is 0 Å². The Morgan fingerprint density at radius 1 is 1.39 bits per heavy atom. The van der Waals surface area contributed by atoms with Crippen molar-refractivity contribution in [3.63, 3.8) is 0 Å². The number of fused-ring (bicyclic) bond motifs is 1. The second-order valence-corrected chi connectivity index (χ2v) is 3.39. The number of methoxy groups -OCH3 is 1. The maximum absolute atomic E-state index is 12.9. The van der Waals surface area contributed by atoms with E-state index in [4.69, 9.17) is 9.47 Å². The van der Waals surface area contributed by atoms with Crippen molar-refractivity contribution < 1.29 is 32.5 Å². The third-order valence-electron chi connectivity index (χ3n) is 2.20. The van der Waals surface area contributed by atoms with Gasteiger partial charge in [0.2, 0.25) is 5.75 Å². The molecule has 0 saturated carbocycles. The Labute approximate surface area is 101 Å². The zero-order valence-corrected chi connectivity index (χ0v) is 9.66. The third kappa shape index (κ3) is 2.15. The molecule has 0 spiro atoms. The van der Waals surface area contributed by atoms with Crippen LogP contribution in [0.3, 0.4) is 0 Å². The topological polar surface area (TPSA) is 54.0 Å². The largest absolute Gasteiger partial charge is 0.586 e. The zero-order valence-electron chi connectivity index (χ0n) is 9.66. The molecule has 2 rings (SSSR count). The number of esters is 1. The molecule has 0 fully saturated rings. The standard InChI is InChI=1S/C11H10F2O5/c1-3-16-10(14)6-4-7(15-2)9-8(5-6)17-11(12,13)18-9/h4-5H,3H2,1-2H3. The number of hydrogen-bond donors (Lipinski definition) is 0. The van der Waals surface area contributed by atoms with Crippen LogP contribution in [0.15, 0.2) is 12.1 Å². The lowest BCUT2D eigenvalue weighted by molar-refractivity contribution is -0.287. The van der Waals surface area contributed by atoms with Crippen molar-refractivity contribution in [2.45, 2.75) is 13.2 Å². The SMILES string of the molecule is CCOC(=O)c1cc(OC)c2c(c1)OC(F)(F)O2. The summed E-state index contributed by atoms with van der Waals surface area (Å²) in [5, 5.41) is 0. The average Bonchev–Trinajstić information content (AvgIpc) is 2.61. The molecule has 1 aliphatic rings. The van der Waals surface area contributed by atoms with Crippen molar-refractivity contribution in [3.05, 3.63) is 17.7 Å².